The second-order valence-electron chi connectivity index (χ2n) is 3.52. The zero-order chi connectivity index (χ0) is 12.5. The van der Waals surface area contributed by atoms with Crippen molar-refractivity contribution in [2.45, 2.75) is 19.8 Å². The molecule has 0 saturated carbocycles. The van der Waals surface area contributed by atoms with Crippen molar-refractivity contribution in [2.75, 3.05) is 19.0 Å². The summed E-state index contributed by atoms with van der Waals surface area (Å²) in [6.07, 6.45) is 2.03. The predicted molar refractivity (Wildman–Crippen MR) is 71.0 cm³/mol. The molecule has 0 aromatic heterocycles. The Balaban J connectivity index is 2.42. The van der Waals surface area contributed by atoms with E-state index < -0.39 is 0 Å². The van der Waals surface area contributed by atoms with E-state index in [1.54, 1.807) is 31.2 Å². The molecule has 0 atom stereocenters. The molecule has 1 aromatic rings. The van der Waals surface area contributed by atoms with Gasteiger partial charge in [0.25, 0.3) is 0 Å². The molecule has 17 heavy (non-hydrogen) atoms. The predicted octanol–water partition coefficient (Wildman–Crippen LogP) is 2.95. The van der Waals surface area contributed by atoms with Crippen LogP contribution in [0.4, 0.5) is 0 Å². The van der Waals surface area contributed by atoms with E-state index >= 15 is 0 Å². The third-order valence-corrected chi connectivity index (χ3v) is 2.50. The number of rotatable bonds is 7. The van der Waals surface area contributed by atoms with E-state index in [1.807, 2.05) is 0 Å². The lowest BCUT2D eigenvalue weighted by molar-refractivity contribution is 0.0526. The van der Waals surface area contributed by atoms with Crippen LogP contribution in [0.2, 0.25) is 0 Å². The summed E-state index contributed by atoms with van der Waals surface area (Å²) in [4.78, 5) is 11.4. The van der Waals surface area contributed by atoms with Gasteiger partial charge < -0.3 is 9.47 Å². The van der Waals surface area contributed by atoms with Gasteiger partial charge in [-0.15, -0.1) is 0 Å². The number of carbonyl (C=O) groups excluding carboxylic acids is 1. The van der Waals surface area contributed by atoms with Crippen molar-refractivity contribution in [1.29, 1.82) is 0 Å². The van der Waals surface area contributed by atoms with Crippen LogP contribution >= 0.6 is 12.6 Å². The lowest BCUT2D eigenvalue weighted by Gasteiger charge is -2.06. The van der Waals surface area contributed by atoms with Gasteiger partial charge in [0.05, 0.1) is 18.8 Å². The van der Waals surface area contributed by atoms with Crippen molar-refractivity contribution in [1.82, 2.24) is 0 Å². The molecule has 0 amide bonds. The van der Waals surface area contributed by atoms with Gasteiger partial charge in [-0.25, -0.2) is 4.79 Å². The fourth-order valence-corrected chi connectivity index (χ4v) is 1.53. The van der Waals surface area contributed by atoms with Crippen LogP contribution in [0.3, 0.4) is 0 Å². The van der Waals surface area contributed by atoms with Crippen molar-refractivity contribution < 1.29 is 14.3 Å². The standard InChI is InChI=1S/C13H18O3S/c1-2-15-13(14)11-5-7-12(8-6-11)16-9-3-4-10-17/h5-8,17H,2-4,9-10H2,1H3. The van der Waals surface area contributed by atoms with Gasteiger partial charge in [0.2, 0.25) is 0 Å². The molecule has 0 aliphatic heterocycles. The number of unbranched alkanes of at least 4 members (excludes halogenated alkanes) is 1. The number of carbonyl (C=O) groups is 1. The summed E-state index contributed by atoms with van der Waals surface area (Å²) in [6.45, 7) is 2.86. The molecule has 0 saturated heterocycles. The highest BCUT2D eigenvalue weighted by molar-refractivity contribution is 7.80. The van der Waals surface area contributed by atoms with Gasteiger partial charge in [-0.1, -0.05) is 0 Å². The molecule has 0 aliphatic carbocycles. The van der Waals surface area contributed by atoms with Crippen molar-refractivity contribution >= 4 is 18.6 Å². The van der Waals surface area contributed by atoms with Crippen LogP contribution in [-0.4, -0.2) is 24.9 Å². The normalized spacial score (nSPS) is 10.0. The minimum atomic E-state index is -0.297. The fourth-order valence-electron chi connectivity index (χ4n) is 1.31. The molecule has 0 heterocycles. The molecule has 0 bridgehead atoms. The Morgan fingerprint density at radius 2 is 1.94 bits per heavy atom. The summed E-state index contributed by atoms with van der Waals surface area (Å²) in [5.74, 6) is 1.36. The number of hydrogen-bond donors (Lipinski definition) is 1. The van der Waals surface area contributed by atoms with Crippen LogP contribution in [0, 0.1) is 0 Å². The van der Waals surface area contributed by atoms with Gasteiger partial charge in [0.1, 0.15) is 5.75 Å². The van der Waals surface area contributed by atoms with Crippen LogP contribution in [0.15, 0.2) is 24.3 Å². The van der Waals surface area contributed by atoms with E-state index in [0.717, 1.165) is 24.3 Å². The van der Waals surface area contributed by atoms with Gasteiger partial charge in [-0.3, -0.25) is 0 Å². The number of esters is 1. The summed E-state index contributed by atoms with van der Waals surface area (Å²) in [6, 6.07) is 7.00. The number of benzene rings is 1. The Bertz CT molecular complexity index is 335. The molecule has 0 radical (unpaired) electrons. The monoisotopic (exact) mass is 254 g/mol. The fraction of sp³-hybridized carbons (Fsp3) is 0.462. The minimum Gasteiger partial charge on any atom is -0.494 e. The average molecular weight is 254 g/mol. The van der Waals surface area contributed by atoms with Crippen molar-refractivity contribution in [3.63, 3.8) is 0 Å². The topological polar surface area (TPSA) is 35.5 Å². The first-order valence-electron chi connectivity index (χ1n) is 5.78. The maximum absolute atomic E-state index is 11.4. The van der Waals surface area contributed by atoms with Crippen LogP contribution in [0.5, 0.6) is 5.75 Å². The molecule has 1 rings (SSSR count). The Morgan fingerprint density at radius 3 is 2.53 bits per heavy atom. The van der Waals surface area contributed by atoms with Gasteiger partial charge in [-0.05, 0) is 49.8 Å². The first-order chi connectivity index (χ1) is 8.27. The van der Waals surface area contributed by atoms with Gasteiger partial charge in [0, 0.05) is 0 Å². The Morgan fingerprint density at radius 1 is 1.24 bits per heavy atom. The molecular weight excluding hydrogens is 236 g/mol. The van der Waals surface area contributed by atoms with Crippen molar-refractivity contribution in [3.8, 4) is 5.75 Å². The summed E-state index contributed by atoms with van der Waals surface area (Å²) in [5.41, 5.74) is 0.551. The van der Waals surface area contributed by atoms with Gasteiger partial charge in [-0.2, -0.15) is 12.6 Å². The van der Waals surface area contributed by atoms with E-state index in [4.69, 9.17) is 9.47 Å². The third-order valence-electron chi connectivity index (χ3n) is 2.19. The highest BCUT2D eigenvalue weighted by Gasteiger charge is 2.05. The number of thiol groups is 1. The maximum atomic E-state index is 11.4. The van der Waals surface area contributed by atoms with E-state index in [9.17, 15) is 4.79 Å². The van der Waals surface area contributed by atoms with Crippen LogP contribution in [0.1, 0.15) is 30.1 Å². The molecular formula is C13H18O3S. The van der Waals surface area contributed by atoms with E-state index in [1.165, 1.54) is 0 Å². The molecule has 0 fully saturated rings. The molecule has 3 nitrogen and oxygen atoms in total. The SMILES string of the molecule is CCOC(=O)c1ccc(OCCCCS)cc1. The molecule has 1 aromatic carbocycles. The van der Waals surface area contributed by atoms with Gasteiger partial charge >= 0.3 is 5.97 Å². The second-order valence-corrected chi connectivity index (χ2v) is 3.97. The first kappa shape index (κ1) is 13.9. The Kier molecular flexibility index (Phi) is 6.55. The van der Waals surface area contributed by atoms with Crippen LogP contribution in [-0.2, 0) is 4.74 Å². The third kappa shape index (κ3) is 5.13. The van der Waals surface area contributed by atoms with Crippen molar-refractivity contribution in [2.24, 2.45) is 0 Å². The van der Waals surface area contributed by atoms with E-state index in [2.05, 4.69) is 12.6 Å². The van der Waals surface area contributed by atoms with Crippen LogP contribution in [0.25, 0.3) is 0 Å². The van der Waals surface area contributed by atoms with E-state index in [-0.39, 0.29) is 5.97 Å². The summed E-state index contributed by atoms with van der Waals surface area (Å²) in [5, 5.41) is 0. The van der Waals surface area contributed by atoms with Gasteiger partial charge in [0.15, 0.2) is 0 Å². The van der Waals surface area contributed by atoms with Crippen LogP contribution < -0.4 is 4.74 Å². The smallest absolute Gasteiger partial charge is 0.338 e. The molecule has 0 aliphatic rings. The summed E-state index contributed by atoms with van der Waals surface area (Å²) >= 11 is 4.13. The molecule has 0 spiro atoms. The zero-order valence-electron chi connectivity index (χ0n) is 10.0. The Labute approximate surface area is 108 Å². The zero-order valence-corrected chi connectivity index (χ0v) is 10.9. The molecule has 4 heteroatoms. The maximum Gasteiger partial charge on any atom is 0.338 e. The number of ether oxygens (including phenoxy) is 2. The molecule has 0 N–H and O–H groups in total. The summed E-state index contributed by atoms with van der Waals surface area (Å²) in [7, 11) is 0. The quantitative estimate of drug-likeness (QED) is 0.461. The first-order valence-corrected chi connectivity index (χ1v) is 6.42. The highest BCUT2D eigenvalue weighted by Crippen LogP contribution is 2.13. The number of hydrogen-bond acceptors (Lipinski definition) is 4. The molecule has 94 valence electrons. The lowest BCUT2D eigenvalue weighted by Crippen LogP contribution is -2.04. The molecule has 0 unspecified atom stereocenters. The second kappa shape index (κ2) is 8.01. The van der Waals surface area contributed by atoms with E-state index in [0.29, 0.717) is 18.8 Å². The summed E-state index contributed by atoms with van der Waals surface area (Å²) < 4.78 is 10.4. The largest absolute Gasteiger partial charge is 0.494 e. The minimum absolute atomic E-state index is 0.297. The lowest BCUT2D eigenvalue weighted by atomic mass is 10.2. The van der Waals surface area contributed by atoms with Crippen molar-refractivity contribution in [3.05, 3.63) is 29.8 Å². The highest BCUT2D eigenvalue weighted by atomic mass is 32.1. The average Bonchev–Trinajstić information content (AvgIpc) is 2.36. The Hall–Kier alpha value is -1.16.